The van der Waals surface area contributed by atoms with Gasteiger partial charge in [-0.1, -0.05) is 0 Å². The van der Waals surface area contributed by atoms with Crippen molar-refractivity contribution in [2.45, 2.75) is 31.3 Å². The lowest BCUT2D eigenvalue weighted by Gasteiger charge is -2.47. The summed E-state index contributed by atoms with van der Waals surface area (Å²) in [6.07, 6.45) is 3.66. The molecule has 18 heavy (non-hydrogen) atoms. The number of nitrogens with one attached hydrogen (secondary N) is 1. The van der Waals surface area contributed by atoms with Crippen LogP contribution < -0.4 is 5.32 Å². The second kappa shape index (κ2) is 5.24. The summed E-state index contributed by atoms with van der Waals surface area (Å²) in [5, 5.41) is 13.0. The van der Waals surface area contributed by atoms with Crippen molar-refractivity contribution in [3.63, 3.8) is 0 Å². The van der Waals surface area contributed by atoms with Crippen LogP contribution in [0.2, 0.25) is 0 Å². The third-order valence-corrected chi connectivity index (χ3v) is 4.04. The van der Waals surface area contributed by atoms with Crippen LogP contribution in [0.1, 0.15) is 24.8 Å². The lowest BCUT2D eigenvalue weighted by atomic mass is 9.75. The summed E-state index contributed by atoms with van der Waals surface area (Å²) in [5.74, 6) is -0.160. The molecule has 4 heteroatoms. The highest BCUT2D eigenvalue weighted by atomic mass is 19.1. The van der Waals surface area contributed by atoms with Gasteiger partial charge in [0, 0.05) is 24.2 Å². The topological polar surface area (TPSA) is 35.5 Å². The summed E-state index contributed by atoms with van der Waals surface area (Å²) in [6, 6.07) is 4.05. The van der Waals surface area contributed by atoms with Gasteiger partial charge in [-0.25, -0.2) is 4.39 Å². The van der Waals surface area contributed by atoms with E-state index in [0.717, 1.165) is 6.54 Å². The Balaban J connectivity index is 1.90. The standard InChI is InChI=1S/C14H21FN2O/c1-17(2)14(6-3-7-14)10-16-9-11-8-12(15)4-5-13(11)18/h4-5,8,16,18H,3,6-7,9-10H2,1-2H3. The highest BCUT2D eigenvalue weighted by molar-refractivity contribution is 5.32. The fourth-order valence-corrected chi connectivity index (χ4v) is 2.49. The average Bonchev–Trinajstić information content (AvgIpc) is 2.26. The van der Waals surface area contributed by atoms with Gasteiger partial charge in [-0.2, -0.15) is 0 Å². The van der Waals surface area contributed by atoms with Crippen LogP contribution in [0.25, 0.3) is 0 Å². The lowest BCUT2D eigenvalue weighted by molar-refractivity contribution is 0.0597. The van der Waals surface area contributed by atoms with Crippen molar-refractivity contribution in [2.75, 3.05) is 20.6 Å². The van der Waals surface area contributed by atoms with Crippen LogP contribution in [0.4, 0.5) is 4.39 Å². The zero-order valence-corrected chi connectivity index (χ0v) is 11.0. The Morgan fingerprint density at radius 3 is 2.67 bits per heavy atom. The van der Waals surface area contributed by atoms with Crippen molar-refractivity contribution in [2.24, 2.45) is 0 Å². The maximum Gasteiger partial charge on any atom is 0.123 e. The van der Waals surface area contributed by atoms with E-state index in [1.54, 1.807) is 0 Å². The zero-order chi connectivity index (χ0) is 13.2. The molecule has 0 heterocycles. The van der Waals surface area contributed by atoms with Gasteiger partial charge in [-0.3, -0.25) is 0 Å². The average molecular weight is 252 g/mol. The van der Waals surface area contributed by atoms with Crippen LogP contribution in [-0.2, 0) is 6.54 Å². The van der Waals surface area contributed by atoms with Gasteiger partial charge in [0.15, 0.2) is 0 Å². The van der Waals surface area contributed by atoms with Gasteiger partial charge in [-0.05, 0) is 51.6 Å². The molecule has 1 aromatic carbocycles. The van der Waals surface area contributed by atoms with E-state index in [9.17, 15) is 9.50 Å². The van der Waals surface area contributed by atoms with E-state index in [-0.39, 0.29) is 17.1 Å². The fourth-order valence-electron chi connectivity index (χ4n) is 2.49. The largest absolute Gasteiger partial charge is 0.508 e. The molecule has 0 radical (unpaired) electrons. The minimum Gasteiger partial charge on any atom is -0.508 e. The number of rotatable bonds is 5. The van der Waals surface area contributed by atoms with Crippen molar-refractivity contribution in [1.29, 1.82) is 0 Å². The van der Waals surface area contributed by atoms with Gasteiger partial charge in [-0.15, -0.1) is 0 Å². The van der Waals surface area contributed by atoms with E-state index in [0.29, 0.717) is 12.1 Å². The van der Waals surface area contributed by atoms with Crippen LogP contribution in [0.5, 0.6) is 5.75 Å². The molecule has 0 aromatic heterocycles. The molecule has 1 saturated carbocycles. The number of hydrogen-bond acceptors (Lipinski definition) is 3. The smallest absolute Gasteiger partial charge is 0.123 e. The first-order valence-electron chi connectivity index (χ1n) is 6.39. The molecule has 100 valence electrons. The zero-order valence-electron chi connectivity index (χ0n) is 11.0. The van der Waals surface area contributed by atoms with Gasteiger partial charge >= 0.3 is 0 Å². The number of nitrogens with zero attached hydrogens (tertiary/aromatic N) is 1. The van der Waals surface area contributed by atoms with Crippen LogP contribution in [0.15, 0.2) is 18.2 Å². The summed E-state index contributed by atoms with van der Waals surface area (Å²) >= 11 is 0. The van der Waals surface area contributed by atoms with Crippen molar-refractivity contribution in [1.82, 2.24) is 10.2 Å². The number of halogens is 1. The third kappa shape index (κ3) is 2.65. The Morgan fingerprint density at radius 2 is 2.11 bits per heavy atom. The molecule has 1 aromatic rings. The van der Waals surface area contributed by atoms with Gasteiger partial charge in [0.25, 0.3) is 0 Å². The summed E-state index contributed by atoms with van der Waals surface area (Å²) in [4.78, 5) is 2.26. The Kier molecular flexibility index (Phi) is 3.88. The Bertz CT molecular complexity index is 416. The Labute approximate surface area is 108 Å². The normalized spacial score (nSPS) is 17.8. The van der Waals surface area contributed by atoms with E-state index in [1.165, 1.54) is 37.5 Å². The first-order chi connectivity index (χ1) is 8.53. The van der Waals surface area contributed by atoms with Crippen molar-refractivity contribution in [3.05, 3.63) is 29.6 Å². The fraction of sp³-hybridized carbons (Fsp3) is 0.571. The predicted molar refractivity (Wildman–Crippen MR) is 70.0 cm³/mol. The number of aromatic hydroxyl groups is 1. The minimum absolute atomic E-state index is 0.149. The molecule has 1 aliphatic carbocycles. The molecule has 0 atom stereocenters. The van der Waals surface area contributed by atoms with E-state index in [4.69, 9.17) is 0 Å². The second-order valence-corrected chi connectivity index (χ2v) is 5.35. The molecule has 0 saturated heterocycles. The molecule has 2 N–H and O–H groups in total. The van der Waals surface area contributed by atoms with E-state index in [2.05, 4.69) is 24.3 Å². The number of phenolic OH excluding ortho intramolecular Hbond substituents is 1. The first-order valence-corrected chi connectivity index (χ1v) is 6.39. The predicted octanol–water partition coefficient (Wildman–Crippen LogP) is 2.11. The number of likely N-dealkylation sites (N-methyl/N-ethyl adjacent to an activating group) is 1. The van der Waals surface area contributed by atoms with Gasteiger partial charge in [0.05, 0.1) is 0 Å². The molecule has 1 aliphatic rings. The molecule has 2 rings (SSSR count). The highest BCUT2D eigenvalue weighted by Gasteiger charge is 2.38. The molecule has 0 spiro atoms. The van der Waals surface area contributed by atoms with E-state index >= 15 is 0 Å². The summed E-state index contributed by atoms with van der Waals surface area (Å²) in [6.45, 7) is 1.37. The molecule has 1 fully saturated rings. The van der Waals surface area contributed by atoms with Crippen LogP contribution >= 0.6 is 0 Å². The minimum atomic E-state index is -0.310. The van der Waals surface area contributed by atoms with Crippen molar-refractivity contribution < 1.29 is 9.50 Å². The van der Waals surface area contributed by atoms with Crippen LogP contribution in [0, 0.1) is 5.82 Å². The molecular weight excluding hydrogens is 231 g/mol. The lowest BCUT2D eigenvalue weighted by Crippen LogP contribution is -2.56. The molecular formula is C14H21FN2O. The summed E-state index contributed by atoms with van der Waals surface area (Å²) in [5.41, 5.74) is 0.853. The maximum atomic E-state index is 13.1. The molecule has 3 nitrogen and oxygen atoms in total. The van der Waals surface area contributed by atoms with Gasteiger partial charge in [0.2, 0.25) is 0 Å². The first kappa shape index (κ1) is 13.3. The molecule has 0 unspecified atom stereocenters. The van der Waals surface area contributed by atoms with Crippen LogP contribution in [0.3, 0.4) is 0 Å². The number of phenols is 1. The van der Waals surface area contributed by atoms with Gasteiger partial charge < -0.3 is 15.3 Å². The quantitative estimate of drug-likeness (QED) is 0.842. The number of benzene rings is 1. The Morgan fingerprint density at radius 1 is 1.39 bits per heavy atom. The van der Waals surface area contributed by atoms with E-state index in [1.807, 2.05) is 0 Å². The molecule has 0 amide bonds. The summed E-state index contributed by atoms with van der Waals surface area (Å²) < 4.78 is 13.1. The molecule has 0 bridgehead atoms. The Hall–Kier alpha value is -1.13. The monoisotopic (exact) mass is 252 g/mol. The van der Waals surface area contributed by atoms with E-state index < -0.39 is 0 Å². The van der Waals surface area contributed by atoms with Gasteiger partial charge in [0.1, 0.15) is 11.6 Å². The maximum absolute atomic E-state index is 13.1. The third-order valence-electron chi connectivity index (χ3n) is 4.04. The van der Waals surface area contributed by atoms with Crippen molar-refractivity contribution >= 4 is 0 Å². The summed E-state index contributed by atoms with van der Waals surface area (Å²) in [7, 11) is 4.20. The highest BCUT2D eigenvalue weighted by Crippen LogP contribution is 2.35. The molecule has 0 aliphatic heterocycles. The van der Waals surface area contributed by atoms with Crippen molar-refractivity contribution in [3.8, 4) is 5.75 Å². The van der Waals surface area contributed by atoms with Crippen LogP contribution in [-0.4, -0.2) is 36.2 Å². The SMILES string of the molecule is CN(C)C1(CNCc2cc(F)ccc2O)CCC1. The number of hydrogen-bond donors (Lipinski definition) is 2. The second-order valence-electron chi connectivity index (χ2n) is 5.35.